The highest BCUT2D eigenvalue weighted by Gasteiger charge is 2.16. The van der Waals surface area contributed by atoms with Crippen molar-refractivity contribution < 1.29 is 17.6 Å². The van der Waals surface area contributed by atoms with Gasteiger partial charge in [-0.15, -0.1) is 0 Å². The van der Waals surface area contributed by atoms with Gasteiger partial charge in [0.1, 0.15) is 0 Å². The average molecular weight is 508 g/mol. The zero-order valence-electron chi connectivity index (χ0n) is 16.0. The van der Waals surface area contributed by atoms with Gasteiger partial charge in [0.2, 0.25) is 0 Å². The first kappa shape index (κ1) is 22.0. The minimum atomic E-state index is -3.74. The van der Waals surface area contributed by atoms with E-state index in [0.29, 0.717) is 16.0 Å². The molecule has 0 spiro atoms. The van der Waals surface area contributed by atoms with Gasteiger partial charge in [0, 0.05) is 5.69 Å². The van der Waals surface area contributed by atoms with Crippen LogP contribution < -0.4 is 15.4 Å². The number of anilines is 2. The molecule has 0 unspecified atom stereocenters. The SMILES string of the molecule is Cc1ccc(NS(=O)(=O)c2ccc(NC(=S)NC(=O)c3ccc(Br)o3)cc2)c(C)c1. The molecule has 0 aliphatic carbocycles. The number of carbonyl (C=O) groups is 1. The van der Waals surface area contributed by atoms with Crippen molar-refractivity contribution in [2.45, 2.75) is 18.7 Å². The zero-order valence-corrected chi connectivity index (χ0v) is 19.2. The molecule has 7 nitrogen and oxygen atoms in total. The van der Waals surface area contributed by atoms with Crippen LogP contribution >= 0.6 is 28.1 Å². The van der Waals surface area contributed by atoms with Crippen molar-refractivity contribution in [1.82, 2.24) is 5.32 Å². The second-order valence-electron chi connectivity index (χ2n) is 6.46. The lowest BCUT2D eigenvalue weighted by Gasteiger charge is -2.12. The molecule has 3 rings (SSSR count). The first-order valence-electron chi connectivity index (χ1n) is 8.72. The van der Waals surface area contributed by atoms with Gasteiger partial charge in [-0.2, -0.15) is 0 Å². The number of benzene rings is 2. The van der Waals surface area contributed by atoms with Crippen LogP contribution in [-0.4, -0.2) is 19.4 Å². The van der Waals surface area contributed by atoms with Crippen molar-refractivity contribution in [1.29, 1.82) is 0 Å². The molecule has 0 aliphatic heterocycles. The van der Waals surface area contributed by atoms with E-state index in [1.165, 1.54) is 18.2 Å². The van der Waals surface area contributed by atoms with E-state index in [-0.39, 0.29) is 15.8 Å². The molecule has 0 saturated carbocycles. The standard InChI is InChI=1S/C20H18BrN3O4S2/c1-12-3-8-16(13(2)11-12)24-30(26,27)15-6-4-14(5-7-15)22-20(29)23-19(25)17-9-10-18(21)28-17/h3-11,24H,1-2H3,(H2,22,23,25,29). The highest BCUT2D eigenvalue weighted by molar-refractivity contribution is 9.10. The molecule has 1 amide bonds. The summed E-state index contributed by atoms with van der Waals surface area (Å²) in [6.07, 6.45) is 0. The Kier molecular flexibility index (Phi) is 6.59. The Morgan fingerprint density at radius 1 is 1.03 bits per heavy atom. The fraction of sp³-hybridized carbons (Fsp3) is 0.100. The Morgan fingerprint density at radius 2 is 1.73 bits per heavy atom. The van der Waals surface area contributed by atoms with E-state index in [2.05, 4.69) is 31.3 Å². The van der Waals surface area contributed by atoms with E-state index in [9.17, 15) is 13.2 Å². The summed E-state index contributed by atoms with van der Waals surface area (Å²) in [5, 5.41) is 5.36. The van der Waals surface area contributed by atoms with Crippen molar-refractivity contribution in [3.05, 3.63) is 76.2 Å². The van der Waals surface area contributed by atoms with E-state index in [1.54, 1.807) is 24.3 Å². The van der Waals surface area contributed by atoms with Gasteiger partial charge in [0.15, 0.2) is 15.5 Å². The highest BCUT2D eigenvalue weighted by atomic mass is 79.9. The predicted molar refractivity (Wildman–Crippen MR) is 123 cm³/mol. The van der Waals surface area contributed by atoms with Crippen LogP contribution in [0.3, 0.4) is 0 Å². The lowest BCUT2D eigenvalue weighted by molar-refractivity contribution is 0.0949. The maximum absolute atomic E-state index is 12.6. The quantitative estimate of drug-likeness (QED) is 0.436. The molecule has 3 aromatic rings. The van der Waals surface area contributed by atoms with Gasteiger partial charge in [-0.3, -0.25) is 14.8 Å². The van der Waals surface area contributed by atoms with Crippen LogP contribution in [0, 0.1) is 13.8 Å². The number of hydrogen-bond donors (Lipinski definition) is 3. The number of thiocarbonyl (C=S) groups is 1. The van der Waals surface area contributed by atoms with E-state index >= 15 is 0 Å². The second kappa shape index (κ2) is 8.99. The van der Waals surface area contributed by atoms with Gasteiger partial charge in [0.05, 0.1) is 10.6 Å². The van der Waals surface area contributed by atoms with Gasteiger partial charge in [-0.1, -0.05) is 17.7 Å². The Morgan fingerprint density at radius 3 is 2.33 bits per heavy atom. The van der Waals surface area contributed by atoms with Crippen LogP contribution in [0.25, 0.3) is 0 Å². The molecule has 0 bridgehead atoms. The fourth-order valence-electron chi connectivity index (χ4n) is 2.61. The van der Waals surface area contributed by atoms with Gasteiger partial charge >= 0.3 is 0 Å². The molecule has 1 heterocycles. The van der Waals surface area contributed by atoms with E-state index in [4.69, 9.17) is 16.6 Å². The third-order valence-electron chi connectivity index (χ3n) is 4.07. The van der Waals surface area contributed by atoms with Crippen LogP contribution in [-0.2, 0) is 10.0 Å². The molecule has 3 N–H and O–H groups in total. The molecule has 156 valence electrons. The summed E-state index contributed by atoms with van der Waals surface area (Å²) in [4.78, 5) is 12.1. The van der Waals surface area contributed by atoms with Gasteiger partial charge in [0.25, 0.3) is 15.9 Å². The van der Waals surface area contributed by atoms with Crippen molar-refractivity contribution in [2.75, 3.05) is 10.0 Å². The summed E-state index contributed by atoms with van der Waals surface area (Å²) in [7, 11) is -3.74. The molecule has 0 radical (unpaired) electrons. The van der Waals surface area contributed by atoms with Crippen LogP contribution in [0.5, 0.6) is 0 Å². The number of amides is 1. The van der Waals surface area contributed by atoms with Crippen LogP contribution in [0.15, 0.2) is 68.6 Å². The lowest BCUT2D eigenvalue weighted by Crippen LogP contribution is -2.33. The molecule has 0 atom stereocenters. The minimum absolute atomic E-state index is 0.0523. The largest absolute Gasteiger partial charge is 0.444 e. The number of nitrogens with one attached hydrogen (secondary N) is 3. The number of sulfonamides is 1. The maximum atomic E-state index is 12.6. The van der Waals surface area contributed by atoms with Gasteiger partial charge in [-0.05, 0) is 90.0 Å². The lowest BCUT2D eigenvalue weighted by atomic mass is 10.1. The summed E-state index contributed by atoms with van der Waals surface area (Å²) >= 11 is 8.23. The molecule has 2 aromatic carbocycles. The van der Waals surface area contributed by atoms with E-state index < -0.39 is 15.9 Å². The third kappa shape index (κ3) is 5.47. The van der Waals surface area contributed by atoms with Crippen molar-refractivity contribution in [3.63, 3.8) is 0 Å². The van der Waals surface area contributed by atoms with Crippen LogP contribution in [0.1, 0.15) is 21.7 Å². The second-order valence-corrected chi connectivity index (χ2v) is 9.33. The number of aryl methyl sites for hydroxylation is 2. The summed E-state index contributed by atoms with van der Waals surface area (Å²) in [6, 6.07) is 14.6. The molecule has 0 fully saturated rings. The van der Waals surface area contributed by atoms with Crippen molar-refractivity contribution >= 4 is 60.6 Å². The highest BCUT2D eigenvalue weighted by Crippen LogP contribution is 2.22. The number of furan rings is 1. The molecule has 0 aliphatic rings. The fourth-order valence-corrected chi connectivity index (χ4v) is 4.26. The molecule has 10 heteroatoms. The Bertz CT molecular complexity index is 1210. The van der Waals surface area contributed by atoms with Crippen LogP contribution in [0.2, 0.25) is 0 Å². The topological polar surface area (TPSA) is 100 Å². The van der Waals surface area contributed by atoms with Crippen molar-refractivity contribution in [3.8, 4) is 0 Å². The summed E-state index contributed by atoms with van der Waals surface area (Å²) < 4.78 is 33.5. The predicted octanol–water partition coefficient (Wildman–Crippen LogP) is 4.59. The molecule has 30 heavy (non-hydrogen) atoms. The zero-order chi connectivity index (χ0) is 21.9. The van der Waals surface area contributed by atoms with Gasteiger partial charge < -0.3 is 9.73 Å². The van der Waals surface area contributed by atoms with Crippen molar-refractivity contribution in [2.24, 2.45) is 0 Å². The monoisotopic (exact) mass is 507 g/mol. The van der Waals surface area contributed by atoms with E-state index in [0.717, 1.165) is 11.1 Å². The number of hydrogen-bond acceptors (Lipinski definition) is 5. The maximum Gasteiger partial charge on any atom is 0.293 e. The Balaban J connectivity index is 1.65. The summed E-state index contributed by atoms with van der Waals surface area (Å²) in [5.74, 6) is -0.403. The number of carbonyl (C=O) groups excluding carboxylic acids is 1. The Hall–Kier alpha value is -2.69. The number of halogens is 1. The molecular formula is C20H18BrN3O4S2. The normalized spacial score (nSPS) is 11.0. The van der Waals surface area contributed by atoms with Crippen LogP contribution in [0.4, 0.5) is 11.4 Å². The summed E-state index contributed by atoms with van der Waals surface area (Å²) in [5.41, 5.74) is 2.93. The smallest absolute Gasteiger partial charge is 0.293 e. The third-order valence-corrected chi connectivity index (χ3v) is 6.08. The van der Waals surface area contributed by atoms with Gasteiger partial charge in [-0.25, -0.2) is 8.42 Å². The first-order valence-corrected chi connectivity index (χ1v) is 11.4. The summed E-state index contributed by atoms with van der Waals surface area (Å²) in [6.45, 7) is 3.78. The molecule has 0 saturated heterocycles. The first-order chi connectivity index (χ1) is 14.1. The molecular weight excluding hydrogens is 490 g/mol. The minimum Gasteiger partial charge on any atom is -0.444 e. The van der Waals surface area contributed by atoms with E-state index in [1.807, 2.05) is 26.0 Å². The number of rotatable bonds is 5. The average Bonchev–Trinajstić information content (AvgIpc) is 3.11. The Labute approximate surface area is 188 Å². The molecule has 1 aromatic heterocycles.